The van der Waals surface area contributed by atoms with Gasteiger partial charge in [-0.1, -0.05) is 13.8 Å². The third-order valence-electron chi connectivity index (χ3n) is 3.00. The lowest BCUT2D eigenvalue weighted by molar-refractivity contribution is 0.0490. The molecule has 1 aromatic heterocycles. The van der Waals surface area contributed by atoms with E-state index in [0.717, 1.165) is 12.2 Å². The van der Waals surface area contributed by atoms with Gasteiger partial charge in [0.2, 0.25) is 0 Å². The highest BCUT2D eigenvalue weighted by molar-refractivity contribution is 7.09. The Balaban J connectivity index is 2.43. The predicted octanol–water partition coefficient (Wildman–Crippen LogP) is 3.09. The van der Waals surface area contributed by atoms with Crippen LogP contribution in [0.2, 0.25) is 0 Å². The molecule has 21 heavy (non-hydrogen) atoms. The van der Waals surface area contributed by atoms with E-state index in [1.165, 1.54) is 4.88 Å². The summed E-state index contributed by atoms with van der Waals surface area (Å²) in [6.45, 7) is 13.2. The number of aryl methyl sites for hydroxylation is 1. The Morgan fingerprint density at radius 1 is 1.43 bits per heavy atom. The average Bonchev–Trinajstić information content (AvgIpc) is 2.71. The first kappa shape index (κ1) is 17.9. The first-order chi connectivity index (χ1) is 9.69. The normalized spacial score (nSPS) is 13.3. The molecule has 0 bridgehead atoms. The number of nitrogens with zero attached hydrogens (tertiary/aromatic N) is 1. The van der Waals surface area contributed by atoms with Gasteiger partial charge in [0.05, 0.1) is 11.2 Å². The second-order valence-electron chi connectivity index (χ2n) is 6.49. The molecule has 1 amide bonds. The second kappa shape index (κ2) is 7.75. The molecule has 6 heteroatoms. The quantitative estimate of drug-likeness (QED) is 0.847. The monoisotopic (exact) mass is 313 g/mol. The number of aromatic nitrogens is 1. The molecule has 0 aliphatic carbocycles. The lowest BCUT2D eigenvalue weighted by atomic mass is 10.0. The van der Waals surface area contributed by atoms with Crippen molar-refractivity contribution in [3.8, 4) is 0 Å². The number of carbonyl (C=O) groups is 1. The van der Waals surface area contributed by atoms with Crippen LogP contribution in [0.15, 0.2) is 5.51 Å². The predicted molar refractivity (Wildman–Crippen MR) is 86.6 cm³/mol. The molecule has 0 radical (unpaired) electrons. The van der Waals surface area contributed by atoms with E-state index >= 15 is 0 Å². The molecule has 0 saturated carbocycles. The number of carbonyl (C=O) groups excluding carboxylic acids is 1. The number of ether oxygens (including phenoxy) is 1. The molecule has 0 saturated heterocycles. The summed E-state index contributed by atoms with van der Waals surface area (Å²) in [5.41, 5.74) is 2.44. The zero-order chi connectivity index (χ0) is 16.0. The van der Waals surface area contributed by atoms with Gasteiger partial charge in [-0.2, -0.15) is 0 Å². The van der Waals surface area contributed by atoms with Crippen LogP contribution < -0.4 is 10.6 Å². The maximum absolute atomic E-state index is 11.9. The molecule has 1 aromatic rings. The largest absolute Gasteiger partial charge is 0.444 e. The molecule has 0 spiro atoms. The molecular formula is C15H27N3O2S. The zero-order valence-electron chi connectivity index (χ0n) is 13.8. The van der Waals surface area contributed by atoms with Crippen LogP contribution in [0.5, 0.6) is 0 Å². The molecule has 2 N–H and O–H groups in total. The summed E-state index contributed by atoms with van der Waals surface area (Å²) in [5, 5.41) is 6.31. The maximum Gasteiger partial charge on any atom is 0.407 e. The fourth-order valence-electron chi connectivity index (χ4n) is 1.75. The van der Waals surface area contributed by atoms with Gasteiger partial charge in [-0.25, -0.2) is 9.78 Å². The molecule has 0 fully saturated rings. The van der Waals surface area contributed by atoms with Crippen LogP contribution in [0.4, 0.5) is 4.79 Å². The van der Waals surface area contributed by atoms with Crippen molar-refractivity contribution in [3.63, 3.8) is 0 Å². The molecular weight excluding hydrogens is 286 g/mol. The third-order valence-corrected chi connectivity index (χ3v) is 3.94. The number of alkyl carbamates (subject to hydrolysis) is 1. The summed E-state index contributed by atoms with van der Waals surface area (Å²) in [6, 6.07) is 0.0353. The van der Waals surface area contributed by atoms with Crippen molar-refractivity contribution in [3.05, 3.63) is 16.1 Å². The van der Waals surface area contributed by atoms with Gasteiger partial charge in [0, 0.05) is 24.0 Å². The van der Waals surface area contributed by atoms with Crippen molar-refractivity contribution in [2.24, 2.45) is 5.92 Å². The Morgan fingerprint density at radius 3 is 2.57 bits per heavy atom. The topological polar surface area (TPSA) is 63.2 Å². The minimum Gasteiger partial charge on any atom is -0.444 e. The Labute approximate surface area is 131 Å². The minimum absolute atomic E-state index is 0.0353. The molecule has 1 unspecified atom stereocenters. The SMILES string of the molecule is Cc1ncsc1CNCC(NC(=O)OC(C)(C)C)C(C)C. The van der Waals surface area contributed by atoms with Crippen LogP contribution in [-0.2, 0) is 11.3 Å². The maximum atomic E-state index is 11.9. The highest BCUT2D eigenvalue weighted by Crippen LogP contribution is 2.12. The third kappa shape index (κ3) is 6.91. The summed E-state index contributed by atoms with van der Waals surface area (Å²) in [7, 11) is 0. The summed E-state index contributed by atoms with van der Waals surface area (Å²) < 4.78 is 5.30. The highest BCUT2D eigenvalue weighted by Gasteiger charge is 2.21. The molecule has 0 aromatic carbocycles. The van der Waals surface area contributed by atoms with Crippen LogP contribution in [0.25, 0.3) is 0 Å². The first-order valence-electron chi connectivity index (χ1n) is 7.28. The van der Waals surface area contributed by atoms with Crippen molar-refractivity contribution >= 4 is 17.4 Å². The Hall–Kier alpha value is -1.14. The molecule has 0 aliphatic rings. The van der Waals surface area contributed by atoms with E-state index in [1.54, 1.807) is 11.3 Å². The van der Waals surface area contributed by atoms with Crippen molar-refractivity contribution < 1.29 is 9.53 Å². The van der Waals surface area contributed by atoms with E-state index in [0.29, 0.717) is 12.5 Å². The summed E-state index contributed by atoms with van der Waals surface area (Å²) in [6.07, 6.45) is -0.364. The molecule has 1 heterocycles. The zero-order valence-corrected chi connectivity index (χ0v) is 14.6. The average molecular weight is 313 g/mol. The van der Waals surface area contributed by atoms with E-state index in [9.17, 15) is 4.79 Å². The molecule has 1 atom stereocenters. The van der Waals surface area contributed by atoms with Crippen LogP contribution in [0, 0.1) is 12.8 Å². The second-order valence-corrected chi connectivity index (χ2v) is 7.43. The van der Waals surface area contributed by atoms with E-state index in [1.807, 2.05) is 33.2 Å². The number of nitrogens with one attached hydrogen (secondary N) is 2. The van der Waals surface area contributed by atoms with Crippen molar-refractivity contribution in [1.82, 2.24) is 15.6 Å². The van der Waals surface area contributed by atoms with Gasteiger partial charge in [-0.15, -0.1) is 11.3 Å². The van der Waals surface area contributed by atoms with Crippen LogP contribution in [-0.4, -0.2) is 29.3 Å². The molecule has 0 aliphatic heterocycles. The van der Waals surface area contributed by atoms with Crippen molar-refractivity contribution in [2.45, 2.75) is 59.7 Å². The van der Waals surface area contributed by atoms with Crippen LogP contribution in [0.3, 0.4) is 0 Å². The van der Waals surface area contributed by atoms with Gasteiger partial charge in [0.25, 0.3) is 0 Å². The van der Waals surface area contributed by atoms with Gasteiger partial charge in [0.1, 0.15) is 5.60 Å². The minimum atomic E-state index is -0.473. The van der Waals surface area contributed by atoms with Gasteiger partial charge in [0.15, 0.2) is 0 Å². The Kier molecular flexibility index (Phi) is 6.61. The summed E-state index contributed by atoms with van der Waals surface area (Å²) >= 11 is 1.65. The fourth-order valence-corrected chi connectivity index (χ4v) is 2.50. The molecule has 120 valence electrons. The van der Waals surface area contributed by atoms with Crippen LogP contribution in [0.1, 0.15) is 45.2 Å². The highest BCUT2D eigenvalue weighted by atomic mass is 32.1. The van der Waals surface area contributed by atoms with E-state index in [2.05, 4.69) is 29.5 Å². The van der Waals surface area contributed by atoms with E-state index < -0.39 is 5.60 Å². The smallest absolute Gasteiger partial charge is 0.407 e. The van der Waals surface area contributed by atoms with Crippen molar-refractivity contribution in [2.75, 3.05) is 6.54 Å². The first-order valence-corrected chi connectivity index (χ1v) is 8.16. The van der Waals surface area contributed by atoms with Crippen molar-refractivity contribution in [1.29, 1.82) is 0 Å². The number of hydrogen-bond acceptors (Lipinski definition) is 5. The summed E-state index contributed by atoms with van der Waals surface area (Å²) in [5.74, 6) is 0.326. The number of hydrogen-bond donors (Lipinski definition) is 2. The number of amides is 1. The van der Waals surface area contributed by atoms with Gasteiger partial charge in [-0.05, 0) is 33.6 Å². The van der Waals surface area contributed by atoms with E-state index in [-0.39, 0.29) is 12.1 Å². The fraction of sp³-hybridized carbons (Fsp3) is 0.733. The Morgan fingerprint density at radius 2 is 2.10 bits per heavy atom. The van der Waals surface area contributed by atoms with Crippen LogP contribution >= 0.6 is 11.3 Å². The number of rotatable bonds is 6. The van der Waals surface area contributed by atoms with Gasteiger partial charge < -0.3 is 15.4 Å². The lowest BCUT2D eigenvalue weighted by Crippen LogP contribution is -2.46. The standard InChI is InChI=1S/C15H27N3O2S/c1-10(2)12(18-14(19)20-15(4,5)6)7-16-8-13-11(3)17-9-21-13/h9-10,12,16H,7-8H2,1-6H3,(H,18,19). The molecule has 5 nitrogen and oxygen atoms in total. The number of thiazole rings is 1. The molecule has 1 rings (SSSR count). The Bertz CT molecular complexity index is 452. The van der Waals surface area contributed by atoms with Gasteiger partial charge in [-0.3, -0.25) is 0 Å². The van der Waals surface area contributed by atoms with Gasteiger partial charge >= 0.3 is 6.09 Å². The summed E-state index contributed by atoms with van der Waals surface area (Å²) in [4.78, 5) is 17.3. The lowest BCUT2D eigenvalue weighted by Gasteiger charge is -2.26. The van der Waals surface area contributed by atoms with E-state index in [4.69, 9.17) is 4.74 Å².